The quantitative estimate of drug-likeness (QED) is 0.652. The monoisotopic (exact) mass is 169 g/mol. The largest absolute Gasteiger partial charge is 0.307 e. The number of hydrogen-bond acceptors (Lipinski definition) is 2. The lowest BCUT2D eigenvalue weighted by atomic mass is 9.75. The summed E-state index contributed by atoms with van der Waals surface area (Å²) in [5.74, 6) is 0. The van der Waals surface area contributed by atoms with Gasteiger partial charge in [0.2, 0.25) is 0 Å². The zero-order valence-corrected chi connectivity index (χ0v) is 8.10. The maximum absolute atomic E-state index is 10.1. The van der Waals surface area contributed by atoms with Crippen LogP contribution >= 0.6 is 0 Å². The van der Waals surface area contributed by atoms with Gasteiger partial charge in [-0.25, -0.2) is 0 Å². The van der Waals surface area contributed by atoms with Crippen LogP contribution in [0.3, 0.4) is 0 Å². The summed E-state index contributed by atoms with van der Waals surface area (Å²) in [4.78, 5) is 10.1. The molecule has 0 unspecified atom stereocenters. The Morgan fingerprint density at radius 2 is 2.00 bits per heavy atom. The van der Waals surface area contributed by atoms with E-state index < -0.39 is 0 Å². The summed E-state index contributed by atoms with van der Waals surface area (Å²) < 4.78 is 0. The third-order valence-electron chi connectivity index (χ3n) is 2.83. The predicted molar refractivity (Wildman–Crippen MR) is 50.1 cm³/mol. The van der Waals surface area contributed by atoms with Crippen molar-refractivity contribution in [3.8, 4) is 0 Å². The van der Waals surface area contributed by atoms with Gasteiger partial charge in [0.15, 0.2) is 0 Å². The zero-order chi connectivity index (χ0) is 9.03. The van der Waals surface area contributed by atoms with Crippen LogP contribution in [-0.4, -0.2) is 18.9 Å². The molecule has 0 aromatic heterocycles. The highest BCUT2D eigenvalue weighted by Crippen LogP contribution is 2.34. The number of nitrogens with one attached hydrogen (secondary N) is 1. The normalized spacial score (nSPS) is 23.8. The highest BCUT2D eigenvalue weighted by Gasteiger charge is 2.25. The molecule has 1 aliphatic carbocycles. The molecule has 1 saturated carbocycles. The molecule has 0 heterocycles. The van der Waals surface area contributed by atoms with Crippen molar-refractivity contribution in [3.05, 3.63) is 0 Å². The number of rotatable bonds is 3. The van der Waals surface area contributed by atoms with Crippen LogP contribution in [0, 0.1) is 5.41 Å². The Bertz CT molecular complexity index is 144. The van der Waals surface area contributed by atoms with Gasteiger partial charge in [0.25, 0.3) is 0 Å². The van der Waals surface area contributed by atoms with Gasteiger partial charge in [0, 0.05) is 6.04 Å². The van der Waals surface area contributed by atoms with E-state index in [9.17, 15) is 4.79 Å². The van der Waals surface area contributed by atoms with Gasteiger partial charge in [0.1, 0.15) is 6.29 Å². The lowest BCUT2D eigenvalue weighted by Gasteiger charge is -2.34. The highest BCUT2D eigenvalue weighted by molar-refractivity contribution is 5.51. The van der Waals surface area contributed by atoms with Crippen molar-refractivity contribution in [3.63, 3.8) is 0 Å². The first-order valence-electron chi connectivity index (χ1n) is 4.81. The molecule has 0 saturated heterocycles. The summed E-state index contributed by atoms with van der Waals surface area (Å²) in [6.45, 7) is 5.16. The van der Waals surface area contributed by atoms with Crippen molar-refractivity contribution in [1.82, 2.24) is 5.32 Å². The van der Waals surface area contributed by atoms with Crippen molar-refractivity contribution in [2.75, 3.05) is 6.54 Å². The fraction of sp³-hybridized carbons (Fsp3) is 0.900. The molecular weight excluding hydrogens is 150 g/mol. The van der Waals surface area contributed by atoms with E-state index in [-0.39, 0.29) is 0 Å². The minimum Gasteiger partial charge on any atom is -0.307 e. The minimum atomic E-state index is 0.519. The molecule has 0 bridgehead atoms. The first kappa shape index (κ1) is 9.72. The molecule has 2 heteroatoms. The van der Waals surface area contributed by atoms with E-state index in [2.05, 4.69) is 19.2 Å². The number of carbonyl (C=O) groups excluding carboxylic acids is 1. The first-order chi connectivity index (χ1) is 5.64. The maximum Gasteiger partial charge on any atom is 0.133 e. The van der Waals surface area contributed by atoms with Crippen LogP contribution in [0.2, 0.25) is 0 Å². The molecule has 2 nitrogen and oxygen atoms in total. The minimum absolute atomic E-state index is 0.519. The van der Waals surface area contributed by atoms with Crippen molar-refractivity contribution in [2.24, 2.45) is 5.41 Å². The molecular formula is C10H19NO. The van der Waals surface area contributed by atoms with Crippen LogP contribution in [0.1, 0.15) is 39.5 Å². The lowest BCUT2D eigenvalue weighted by molar-refractivity contribution is -0.107. The second kappa shape index (κ2) is 4.04. The molecule has 0 amide bonds. The molecule has 70 valence electrons. The van der Waals surface area contributed by atoms with Crippen LogP contribution in [0.25, 0.3) is 0 Å². The summed E-state index contributed by atoms with van der Waals surface area (Å²) >= 11 is 0. The molecule has 0 aromatic rings. The molecule has 0 spiro atoms. The van der Waals surface area contributed by atoms with E-state index in [1.165, 1.54) is 25.7 Å². The number of hydrogen-bond donors (Lipinski definition) is 1. The SMILES string of the molecule is CC1(C)CCC(NCC=O)CC1. The van der Waals surface area contributed by atoms with Gasteiger partial charge in [-0.1, -0.05) is 13.8 Å². The van der Waals surface area contributed by atoms with Crippen molar-refractivity contribution in [1.29, 1.82) is 0 Å². The van der Waals surface area contributed by atoms with Crippen molar-refractivity contribution >= 4 is 6.29 Å². The molecule has 12 heavy (non-hydrogen) atoms. The van der Waals surface area contributed by atoms with Gasteiger partial charge in [-0.2, -0.15) is 0 Å². The zero-order valence-electron chi connectivity index (χ0n) is 8.10. The van der Waals surface area contributed by atoms with E-state index in [1.807, 2.05) is 0 Å². The van der Waals surface area contributed by atoms with Crippen LogP contribution in [0.5, 0.6) is 0 Å². The standard InChI is InChI=1S/C10H19NO/c1-10(2)5-3-9(4-6-10)11-7-8-12/h8-9,11H,3-7H2,1-2H3. The summed E-state index contributed by atoms with van der Waals surface area (Å²) in [6, 6.07) is 0.586. The van der Waals surface area contributed by atoms with Gasteiger partial charge < -0.3 is 10.1 Å². The Morgan fingerprint density at radius 1 is 1.42 bits per heavy atom. The second-order valence-corrected chi connectivity index (χ2v) is 4.51. The number of carbonyl (C=O) groups is 1. The second-order valence-electron chi connectivity index (χ2n) is 4.51. The third kappa shape index (κ3) is 2.94. The van der Waals surface area contributed by atoms with Crippen LogP contribution in [0.15, 0.2) is 0 Å². The fourth-order valence-corrected chi connectivity index (χ4v) is 1.82. The Hall–Kier alpha value is -0.370. The van der Waals surface area contributed by atoms with Crippen LogP contribution in [0.4, 0.5) is 0 Å². The van der Waals surface area contributed by atoms with E-state index in [1.54, 1.807) is 0 Å². The van der Waals surface area contributed by atoms with E-state index in [0.29, 0.717) is 18.0 Å². The lowest BCUT2D eigenvalue weighted by Crippen LogP contribution is -2.36. The topological polar surface area (TPSA) is 29.1 Å². The molecule has 0 atom stereocenters. The Balaban J connectivity index is 2.22. The van der Waals surface area contributed by atoms with Crippen LogP contribution < -0.4 is 5.32 Å². The average Bonchev–Trinajstić information content (AvgIpc) is 2.03. The smallest absolute Gasteiger partial charge is 0.133 e. The van der Waals surface area contributed by atoms with E-state index >= 15 is 0 Å². The summed E-state index contributed by atoms with van der Waals surface area (Å²) in [7, 11) is 0. The van der Waals surface area contributed by atoms with Gasteiger partial charge in [0.05, 0.1) is 6.54 Å². The predicted octanol–water partition coefficient (Wildman–Crippen LogP) is 1.74. The highest BCUT2D eigenvalue weighted by atomic mass is 16.1. The summed E-state index contributed by atoms with van der Waals surface area (Å²) in [5.41, 5.74) is 0.527. The molecule has 0 aliphatic heterocycles. The Morgan fingerprint density at radius 3 is 2.50 bits per heavy atom. The summed E-state index contributed by atoms with van der Waals surface area (Å²) in [5, 5.41) is 3.24. The van der Waals surface area contributed by atoms with Crippen molar-refractivity contribution in [2.45, 2.75) is 45.6 Å². The fourth-order valence-electron chi connectivity index (χ4n) is 1.82. The van der Waals surface area contributed by atoms with E-state index in [4.69, 9.17) is 0 Å². The molecule has 1 rings (SSSR count). The molecule has 1 N–H and O–H groups in total. The Labute approximate surface area is 74.7 Å². The number of aldehydes is 1. The van der Waals surface area contributed by atoms with Crippen LogP contribution in [-0.2, 0) is 4.79 Å². The Kier molecular flexibility index (Phi) is 3.27. The first-order valence-corrected chi connectivity index (χ1v) is 4.81. The van der Waals surface area contributed by atoms with Gasteiger partial charge in [-0.15, -0.1) is 0 Å². The van der Waals surface area contributed by atoms with Crippen molar-refractivity contribution < 1.29 is 4.79 Å². The third-order valence-corrected chi connectivity index (χ3v) is 2.83. The maximum atomic E-state index is 10.1. The summed E-state index contributed by atoms with van der Waals surface area (Å²) in [6.07, 6.45) is 5.95. The molecule has 1 aliphatic rings. The van der Waals surface area contributed by atoms with Gasteiger partial charge in [-0.3, -0.25) is 0 Å². The molecule has 0 aromatic carbocycles. The van der Waals surface area contributed by atoms with Gasteiger partial charge >= 0.3 is 0 Å². The average molecular weight is 169 g/mol. The molecule has 0 radical (unpaired) electrons. The van der Waals surface area contributed by atoms with Gasteiger partial charge in [-0.05, 0) is 31.1 Å². The molecule has 1 fully saturated rings. The van der Waals surface area contributed by atoms with E-state index in [0.717, 1.165) is 6.29 Å².